The van der Waals surface area contributed by atoms with Crippen LogP contribution in [0.15, 0.2) is 11.8 Å². The summed E-state index contributed by atoms with van der Waals surface area (Å²) in [6.45, 7) is 11.7. The van der Waals surface area contributed by atoms with Gasteiger partial charge in [-0.15, -0.1) is 6.58 Å². The molecule has 0 aromatic heterocycles. The SMILES string of the molecule is C=C(C1CC2CCC1C2)[Si](C)(C)C. The summed E-state index contributed by atoms with van der Waals surface area (Å²) in [5.74, 6) is 3.03. The number of hydrogen-bond donors (Lipinski definition) is 0. The zero-order chi connectivity index (χ0) is 9.64. The Labute approximate surface area is 83.4 Å². The predicted molar refractivity (Wildman–Crippen MR) is 61.4 cm³/mol. The number of allylic oxidation sites excluding steroid dienone is 1. The third-order valence-electron chi connectivity index (χ3n) is 4.15. The highest BCUT2D eigenvalue weighted by molar-refractivity contribution is 6.83. The van der Waals surface area contributed by atoms with E-state index < -0.39 is 8.07 Å². The lowest BCUT2D eigenvalue weighted by molar-refractivity contribution is 0.387. The van der Waals surface area contributed by atoms with Crippen LogP contribution in [0, 0.1) is 17.8 Å². The Morgan fingerprint density at radius 2 is 1.85 bits per heavy atom. The number of rotatable bonds is 2. The topological polar surface area (TPSA) is 0 Å². The fourth-order valence-electron chi connectivity index (χ4n) is 3.23. The van der Waals surface area contributed by atoms with Gasteiger partial charge in [0.15, 0.2) is 0 Å². The summed E-state index contributed by atoms with van der Waals surface area (Å²) in [5, 5.41) is 1.65. The third kappa shape index (κ3) is 1.63. The van der Waals surface area contributed by atoms with Gasteiger partial charge in [-0.1, -0.05) is 31.3 Å². The van der Waals surface area contributed by atoms with Crippen LogP contribution in [-0.2, 0) is 0 Å². The van der Waals surface area contributed by atoms with Crippen molar-refractivity contribution >= 4 is 8.07 Å². The lowest BCUT2D eigenvalue weighted by Crippen LogP contribution is -2.30. The second kappa shape index (κ2) is 2.98. The maximum atomic E-state index is 4.39. The van der Waals surface area contributed by atoms with Crippen LogP contribution >= 0.6 is 0 Å². The monoisotopic (exact) mass is 194 g/mol. The summed E-state index contributed by atoms with van der Waals surface area (Å²) in [6, 6.07) is 0. The van der Waals surface area contributed by atoms with Crippen molar-refractivity contribution in [3.63, 3.8) is 0 Å². The third-order valence-corrected chi connectivity index (χ3v) is 6.45. The minimum atomic E-state index is -1.06. The van der Waals surface area contributed by atoms with E-state index in [9.17, 15) is 0 Å². The Kier molecular flexibility index (Phi) is 2.18. The van der Waals surface area contributed by atoms with Crippen molar-refractivity contribution < 1.29 is 0 Å². The van der Waals surface area contributed by atoms with Crippen LogP contribution in [0.5, 0.6) is 0 Å². The zero-order valence-corrected chi connectivity index (χ0v) is 10.3. The zero-order valence-electron chi connectivity index (χ0n) is 9.27. The van der Waals surface area contributed by atoms with E-state index >= 15 is 0 Å². The highest BCUT2D eigenvalue weighted by atomic mass is 28.3. The first-order valence-electron chi connectivity index (χ1n) is 5.68. The average Bonchev–Trinajstić information content (AvgIpc) is 2.60. The molecule has 0 saturated heterocycles. The molecule has 0 heterocycles. The van der Waals surface area contributed by atoms with Crippen LogP contribution in [-0.4, -0.2) is 8.07 Å². The van der Waals surface area contributed by atoms with E-state index in [0.717, 1.165) is 17.8 Å². The summed E-state index contributed by atoms with van der Waals surface area (Å²) in [7, 11) is -1.06. The first kappa shape index (κ1) is 9.51. The minimum Gasteiger partial charge on any atom is -0.103 e. The molecule has 2 bridgehead atoms. The van der Waals surface area contributed by atoms with E-state index in [1.165, 1.54) is 25.7 Å². The van der Waals surface area contributed by atoms with Gasteiger partial charge in [0.1, 0.15) is 0 Å². The van der Waals surface area contributed by atoms with Crippen molar-refractivity contribution in [1.82, 2.24) is 0 Å². The van der Waals surface area contributed by atoms with Crippen molar-refractivity contribution in [2.45, 2.75) is 45.3 Å². The summed E-state index contributed by atoms with van der Waals surface area (Å²) in [5.41, 5.74) is 0. The van der Waals surface area contributed by atoms with Gasteiger partial charge in [-0.05, 0) is 37.0 Å². The molecule has 2 aliphatic carbocycles. The quantitative estimate of drug-likeness (QED) is 0.586. The largest absolute Gasteiger partial charge is 0.103 e. The van der Waals surface area contributed by atoms with Gasteiger partial charge in [0.25, 0.3) is 0 Å². The molecule has 0 aromatic rings. The molecule has 3 atom stereocenters. The highest BCUT2D eigenvalue weighted by Gasteiger charge is 2.42. The molecule has 1 heteroatoms. The second-order valence-corrected chi connectivity index (χ2v) is 11.2. The fraction of sp³-hybridized carbons (Fsp3) is 0.833. The smallest absolute Gasteiger partial charge is 0.0720 e. The van der Waals surface area contributed by atoms with Gasteiger partial charge in [0.2, 0.25) is 0 Å². The molecule has 0 amide bonds. The van der Waals surface area contributed by atoms with Crippen LogP contribution in [0.2, 0.25) is 19.6 Å². The number of fused-ring (bicyclic) bond motifs is 2. The summed E-state index contributed by atoms with van der Waals surface area (Å²) in [4.78, 5) is 0. The molecular weight excluding hydrogens is 172 g/mol. The van der Waals surface area contributed by atoms with Crippen molar-refractivity contribution in [3.8, 4) is 0 Å². The van der Waals surface area contributed by atoms with Crippen molar-refractivity contribution in [2.24, 2.45) is 17.8 Å². The van der Waals surface area contributed by atoms with Crippen molar-refractivity contribution in [2.75, 3.05) is 0 Å². The molecule has 3 unspecified atom stereocenters. The number of hydrogen-bond acceptors (Lipinski definition) is 0. The molecular formula is C12H22Si. The van der Waals surface area contributed by atoms with Gasteiger partial charge >= 0.3 is 0 Å². The molecule has 2 fully saturated rings. The van der Waals surface area contributed by atoms with Gasteiger partial charge in [0, 0.05) is 0 Å². The summed E-state index contributed by atoms with van der Waals surface area (Å²) in [6.07, 6.45) is 6.01. The van der Waals surface area contributed by atoms with Crippen LogP contribution < -0.4 is 0 Å². The Hall–Kier alpha value is -0.0431. The summed E-state index contributed by atoms with van der Waals surface area (Å²) >= 11 is 0. The predicted octanol–water partition coefficient (Wildman–Crippen LogP) is 3.86. The second-order valence-electron chi connectivity index (χ2n) is 6.06. The maximum Gasteiger partial charge on any atom is 0.0720 e. The maximum absolute atomic E-state index is 4.39. The van der Waals surface area contributed by atoms with Gasteiger partial charge in [0.05, 0.1) is 8.07 Å². The Bertz CT molecular complexity index is 224. The molecule has 2 saturated carbocycles. The van der Waals surface area contributed by atoms with Crippen LogP contribution in [0.3, 0.4) is 0 Å². The first-order chi connectivity index (χ1) is 5.98. The van der Waals surface area contributed by atoms with Crippen molar-refractivity contribution in [1.29, 1.82) is 0 Å². The van der Waals surface area contributed by atoms with Gasteiger partial charge in [-0.25, -0.2) is 0 Å². The van der Waals surface area contributed by atoms with E-state index in [1.54, 1.807) is 5.20 Å². The molecule has 0 aliphatic heterocycles. The van der Waals surface area contributed by atoms with Gasteiger partial charge in [-0.3, -0.25) is 0 Å². The lowest BCUT2D eigenvalue weighted by atomic mass is 9.89. The molecule has 0 radical (unpaired) electrons. The molecule has 0 N–H and O–H groups in total. The van der Waals surface area contributed by atoms with Gasteiger partial charge < -0.3 is 0 Å². The minimum absolute atomic E-state index is 0.922. The molecule has 0 aromatic carbocycles. The normalized spacial score (nSPS) is 38.2. The van der Waals surface area contributed by atoms with Crippen LogP contribution in [0.4, 0.5) is 0 Å². The summed E-state index contributed by atoms with van der Waals surface area (Å²) < 4.78 is 0. The lowest BCUT2D eigenvalue weighted by Gasteiger charge is -2.31. The van der Waals surface area contributed by atoms with Gasteiger partial charge in [-0.2, -0.15) is 0 Å². The van der Waals surface area contributed by atoms with Crippen LogP contribution in [0.1, 0.15) is 25.7 Å². The molecule has 2 aliphatic rings. The van der Waals surface area contributed by atoms with E-state index in [4.69, 9.17) is 0 Å². The Morgan fingerprint density at radius 1 is 1.15 bits per heavy atom. The fourth-order valence-corrected chi connectivity index (χ4v) is 4.69. The Morgan fingerprint density at radius 3 is 2.23 bits per heavy atom. The standard InChI is InChI=1S/C12H22Si/c1-9(13(2,3)4)12-8-10-5-6-11(12)7-10/h10-12H,1,5-8H2,2-4H3. The molecule has 0 nitrogen and oxygen atoms in total. The molecule has 13 heavy (non-hydrogen) atoms. The van der Waals surface area contributed by atoms with Crippen LogP contribution in [0.25, 0.3) is 0 Å². The molecule has 2 rings (SSSR count). The Balaban J connectivity index is 2.07. The van der Waals surface area contributed by atoms with E-state index in [-0.39, 0.29) is 0 Å². The van der Waals surface area contributed by atoms with E-state index in [0.29, 0.717) is 0 Å². The molecule has 74 valence electrons. The highest BCUT2D eigenvalue weighted by Crippen LogP contribution is 2.51. The first-order valence-corrected chi connectivity index (χ1v) is 9.18. The van der Waals surface area contributed by atoms with E-state index in [1.807, 2.05) is 0 Å². The van der Waals surface area contributed by atoms with E-state index in [2.05, 4.69) is 26.2 Å². The average molecular weight is 194 g/mol. The molecule has 0 spiro atoms. The van der Waals surface area contributed by atoms with Crippen molar-refractivity contribution in [3.05, 3.63) is 11.8 Å².